The second-order valence-electron chi connectivity index (χ2n) is 6.39. The van der Waals surface area contributed by atoms with Crippen LogP contribution in [0, 0.1) is 0 Å². The van der Waals surface area contributed by atoms with Gasteiger partial charge in [0.1, 0.15) is 12.9 Å². The highest BCUT2D eigenvalue weighted by Gasteiger charge is 2.28. The van der Waals surface area contributed by atoms with E-state index in [4.69, 9.17) is 9.84 Å². The Morgan fingerprint density at radius 3 is 2.32 bits per heavy atom. The Kier molecular flexibility index (Phi) is 4.76. The minimum absolute atomic E-state index is 0.00610. The zero-order valence-electron chi connectivity index (χ0n) is 14.9. The van der Waals surface area contributed by atoms with Crippen molar-refractivity contribution in [3.8, 4) is 11.1 Å². The van der Waals surface area contributed by atoms with Gasteiger partial charge in [0.05, 0.1) is 6.54 Å². The molecule has 2 N–H and O–H groups in total. The van der Waals surface area contributed by atoms with E-state index in [1.807, 2.05) is 24.3 Å². The van der Waals surface area contributed by atoms with E-state index in [2.05, 4.69) is 39.7 Å². The Balaban J connectivity index is 1.33. The van der Waals surface area contributed by atoms with Crippen molar-refractivity contribution >= 4 is 12.1 Å². The van der Waals surface area contributed by atoms with E-state index < -0.39 is 12.1 Å². The highest BCUT2D eigenvalue weighted by Crippen LogP contribution is 2.44. The van der Waals surface area contributed by atoms with Gasteiger partial charge in [-0.3, -0.25) is 4.68 Å². The van der Waals surface area contributed by atoms with Gasteiger partial charge in [0, 0.05) is 12.5 Å². The predicted octanol–water partition coefficient (Wildman–Crippen LogP) is 2.52. The lowest BCUT2D eigenvalue weighted by Crippen LogP contribution is -2.29. The Hall–Kier alpha value is -3.68. The summed E-state index contributed by atoms with van der Waals surface area (Å²) in [4.78, 5) is 26.5. The maximum absolute atomic E-state index is 12.1. The largest absolute Gasteiger partial charge is 0.475 e. The molecule has 2 aromatic carbocycles. The number of aromatic carboxylic acids is 1. The van der Waals surface area contributed by atoms with Gasteiger partial charge < -0.3 is 15.2 Å². The van der Waals surface area contributed by atoms with Crippen LogP contribution >= 0.6 is 0 Å². The molecule has 3 aromatic rings. The van der Waals surface area contributed by atoms with E-state index >= 15 is 0 Å². The van der Waals surface area contributed by atoms with Crippen molar-refractivity contribution in [2.45, 2.75) is 12.5 Å². The van der Waals surface area contributed by atoms with Crippen LogP contribution in [-0.2, 0) is 11.3 Å². The number of nitrogens with zero attached hydrogens (tertiary/aromatic N) is 3. The van der Waals surface area contributed by atoms with Gasteiger partial charge in [0.2, 0.25) is 0 Å². The summed E-state index contributed by atoms with van der Waals surface area (Å²) in [6, 6.07) is 16.3. The number of hydrogen-bond donors (Lipinski definition) is 2. The average molecular weight is 378 g/mol. The summed E-state index contributed by atoms with van der Waals surface area (Å²) >= 11 is 0. The van der Waals surface area contributed by atoms with Gasteiger partial charge in [0.15, 0.2) is 0 Å². The fourth-order valence-corrected chi connectivity index (χ4v) is 3.42. The number of carbonyl (C=O) groups is 2. The lowest BCUT2D eigenvalue weighted by molar-refractivity contribution is 0.0683. The first-order valence-corrected chi connectivity index (χ1v) is 8.85. The van der Waals surface area contributed by atoms with Crippen LogP contribution in [0.3, 0.4) is 0 Å². The number of ether oxygens (including phenoxy) is 1. The molecule has 142 valence electrons. The number of carbonyl (C=O) groups excluding carboxylic acids is 1. The lowest BCUT2D eigenvalue weighted by Gasteiger charge is -2.14. The number of alkyl carbamates (subject to hydrolysis) is 1. The molecule has 0 bridgehead atoms. The quantitative estimate of drug-likeness (QED) is 0.683. The van der Waals surface area contributed by atoms with Crippen molar-refractivity contribution in [2.24, 2.45) is 0 Å². The normalized spacial score (nSPS) is 12.3. The molecule has 8 heteroatoms. The molecule has 0 unspecified atom stereocenters. The molecule has 1 aliphatic carbocycles. The van der Waals surface area contributed by atoms with Crippen molar-refractivity contribution in [1.29, 1.82) is 0 Å². The van der Waals surface area contributed by atoms with Crippen molar-refractivity contribution in [3.63, 3.8) is 0 Å². The number of aromatic nitrogens is 3. The van der Waals surface area contributed by atoms with Crippen LogP contribution < -0.4 is 5.32 Å². The summed E-state index contributed by atoms with van der Waals surface area (Å²) in [6.45, 7) is 0.788. The smallest absolute Gasteiger partial charge is 0.407 e. The fourth-order valence-electron chi connectivity index (χ4n) is 3.42. The number of carboxylic acid groups (broad SMARTS) is 1. The number of nitrogens with one attached hydrogen (secondary N) is 1. The summed E-state index contributed by atoms with van der Waals surface area (Å²) in [5.74, 6) is -1.46. The standard InChI is InChI=1S/C20H18N4O4/c25-19(26)18-22-12-24(23-18)10-9-21-20(27)28-11-17-15-7-3-1-5-13(15)14-6-2-4-8-16(14)17/h1-8,12,17H,9-11H2,(H,21,27)(H,25,26). The third-order valence-electron chi connectivity index (χ3n) is 4.68. The number of hydrogen-bond acceptors (Lipinski definition) is 5. The van der Waals surface area contributed by atoms with E-state index in [1.54, 1.807) is 0 Å². The molecule has 8 nitrogen and oxygen atoms in total. The number of amides is 1. The second kappa shape index (κ2) is 7.51. The van der Waals surface area contributed by atoms with E-state index in [9.17, 15) is 9.59 Å². The van der Waals surface area contributed by atoms with E-state index in [-0.39, 0.29) is 24.9 Å². The molecule has 1 aromatic heterocycles. The van der Waals surface area contributed by atoms with Gasteiger partial charge in [-0.1, -0.05) is 48.5 Å². The summed E-state index contributed by atoms with van der Waals surface area (Å²) in [5.41, 5.74) is 4.65. The van der Waals surface area contributed by atoms with Gasteiger partial charge in [-0.15, -0.1) is 5.10 Å². The summed E-state index contributed by atoms with van der Waals surface area (Å²) in [7, 11) is 0. The third kappa shape index (κ3) is 3.44. The molecule has 1 heterocycles. The molecule has 0 atom stereocenters. The molecule has 1 amide bonds. The lowest BCUT2D eigenvalue weighted by atomic mass is 9.98. The first-order chi connectivity index (χ1) is 13.6. The summed E-state index contributed by atoms with van der Waals surface area (Å²) < 4.78 is 6.79. The van der Waals surface area contributed by atoms with Crippen molar-refractivity contribution in [3.05, 3.63) is 71.8 Å². The van der Waals surface area contributed by atoms with Crippen molar-refractivity contribution < 1.29 is 19.4 Å². The first kappa shape index (κ1) is 17.7. The van der Waals surface area contributed by atoms with Crippen LogP contribution in [-0.4, -0.2) is 45.1 Å². The first-order valence-electron chi connectivity index (χ1n) is 8.85. The molecule has 28 heavy (non-hydrogen) atoms. The monoisotopic (exact) mass is 378 g/mol. The topological polar surface area (TPSA) is 106 Å². The van der Waals surface area contributed by atoms with Gasteiger partial charge in [-0.2, -0.15) is 0 Å². The molecule has 1 aliphatic rings. The van der Waals surface area contributed by atoms with E-state index in [1.165, 1.54) is 22.1 Å². The molecule has 0 saturated carbocycles. The molecule has 0 fully saturated rings. The molecule has 4 rings (SSSR count). The van der Waals surface area contributed by atoms with E-state index in [0.29, 0.717) is 6.54 Å². The molecule has 0 saturated heterocycles. The third-order valence-corrected chi connectivity index (χ3v) is 4.68. The molecule has 0 spiro atoms. The van der Waals surface area contributed by atoms with E-state index in [0.717, 1.165) is 11.1 Å². The van der Waals surface area contributed by atoms with Gasteiger partial charge in [-0.05, 0) is 22.3 Å². The highest BCUT2D eigenvalue weighted by atomic mass is 16.5. The van der Waals surface area contributed by atoms with Crippen LogP contribution in [0.15, 0.2) is 54.9 Å². The van der Waals surface area contributed by atoms with Crippen LogP contribution in [0.25, 0.3) is 11.1 Å². The van der Waals surface area contributed by atoms with Crippen molar-refractivity contribution in [1.82, 2.24) is 20.1 Å². The minimum Gasteiger partial charge on any atom is -0.475 e. The number of rotatable bonds is 6. The maximum Gasteiger partial charge on any atom is 0.407 e. The highest BCUT2D eigenvalue weighted by molar-refractivity contribution is 5.82. The fraction of sp³-hybridized carbons (Fsp3) is 0.200. The Morgan fingerprint density at radius 1 is 1.07 bits per heavy atom. The SMILES string of the molecule is O=C(NCCn1cnc(C(=O)O)n1)OCC1c2ccccc2-c2ccccc21. The molecule has 0 radical (unpaired) electrons. The number of benzene rings is 2. The minimum atomic E-state index is -1.19. The van der Waals surface area contributed by atoms with Crippen LogP contribution in [0.5, 0.6) is 0 Å². The Labute approximate surface area is 160 Å². The molecule has 0 aliphatic heterocycles. The zero-order chi connectivity index (χ0) is 19.5. The van der Waals surface area contributed by atoms with Crippen LogP contribution in [0.2, 0.25) is 0 Å². The van der Waals surface area contributed by atoms with Crippen LogP contribution in [0.1, 0.15) is 27.7 Å². The zero-order valence-corrected chi connectivity index (χ0v) is 14.9. The second-order valence-corrected chi connectivity index (χ2v) is 6.39. The van der Waals surface area contributed by atoms with Crippen LogP contribution in [0.4, 0.5) is 4.79 Å². The maximum atomic E-state index is 12.1. The molecular formula is C20H18N4O4. The Bertz CT molecular complexity index is 985. The number of carboxylic acids is 1. The predicted molar refractivity (Wildman–Crippen MR) is 100 cm³/mol. The average Bonchev–Trinajstić information content (AvgIpc) is 3.30. The van der Waals surface area contributed by atoms with Gasteiger partial charge in [0.25, 0.3) is 5.82 Å². The number of fused-ring (bicyclic) bond motifs is 3. The summed E-state index contributed by atoms with van der Waals surface area (Å²) in [5, 5.41) is 15.2. The molecular weight excluding hydrogens is 360 g/mol. The van der Waals surface area contributed by atoms with Gasteiger partial charge in [-0.25, -0.2) is 14.6 Å². The summed E-state index contributed by atoms with van der Waals surface area (Å²) in [6.07, 6.45) is 0.781. The Morgan fingerprint density at radius 2 is 1.71 bits per heavy atom. The van der Waals surface area contributed by atoms with Gasteiger partial charge >= 0.3 is 12.1 Å². The van der Waals surface area contributed by atoms with Crippen molar-refractivity contribution in [2.75, 3.05) is 13.2 Å².